The summed E-state index contributed by atoms with van der Waals surface area (Å²) < 4.78 is 22.0. The van der Waals surface area contributed by atoms with E-state index in [2.05, 4.69) is 31.8 Å². The van der Waals surface area contributed by atoms with Crippen LogP contribution in [0.3, 0.4) is 0 Å². The van der Waals surface area contributed by atoms with E-state index in [-0.39, 0.29) is 0 Å². The van der Waals surface area contributed by atoms with E-state index in [1.54, 1.807) is 23.2 Å². The predicted octanol–water partition coefficient (Wildman–Crippen LogP) is 3.64. The third-order valence-corrected chi connectivity index (χ3v) is 5.09. The molecule has 9 nitrogen and oxygen atoms in total. The summed E-state index contributed by atoms with van der Waals surface area (Å²) in [6, 6.07) is 9.47. The highest BCUT2D eigenvalue weighted by Crippen LogP contribution is 2.33. The summed E-state index contributed by atoms with van der Waals surface area (Å²) in [6.07, 6.45) is 1.82. The van der Waals surface area contributed by atoms with Crippen LogP contribution in [0.1, 0.15) is 26.8 Å². The van der Waals surface area contributed by atoms with Crippen molar-refractivity contribution in [2.24, 2.45) is 5.41 Å². The fraction of sp³-hybridized carbons (Fsp3) is 0.381. The quantitative estimate of drug-likeness (QED) is 0.485. The minimum absolute atomic E-state index is 0.365. The van der Waals surface area contributed by atoms with Crippen molar-refractivity contribution in [2.75, 3.05) is 25.6 Å². The molecule has 0 saturated carbocycles. The summed E-state index contributed by atoms with van der Waals surface area (Å²) in [5, 5.41) is 25.0. The molecule has 0 amide bonds. The normalized spacial score (nSPS) is 12.8. The second-order valence-corrected chi connectivity index (χ2v) is 8.06. The molecule has 4 rings (SSSR count). The monoisotopic (exact) mass is 422 g/mol. The Kier molecular flexibility index (Phi) is 5.19. The summed E-state index contributed by atoms with van der Waals surface area (Å²) in [4.78, 5) is 4.47. The summed E-state index contributed by atoms with van der Waals surface area (Å²) in [5.41, 5.74) is 3.34. The number of benzene rings is 1. The van der Waals surface area contributed by atoms with Gasteiger partial charge in [-0.3, -0.25) is 0 Å². The Bertz CT molecular complexity index is 1290. The summed E-state index contributed by atoms with van der Waals surface area (Å²) in [5.74, 6) is 0.764. The van der Waals surface area contributed by atoms with Crippen LogP contribution in [0.2, 0.25) is 0 Å². The molecule has 31 heavy (non-hydrogen) atoms. The van der Waals surface area contributed by atoms with E-state index in [4.69, 9.17) is 4.74 Å². The van der Waals surface area contributed by atoms with E-state index in [9.17, 15) is 9.65 Å². The molecule has 4 aromatic rings. The number of nitrogens with zero attached hydrogens (tertiary/aromatic N) is 7. The fourth-order valence-electron chi connectivity index (χ4n) is 3.28. The highest BCUT2D eigenvalue weighted by molar-refractivity contribution is 5.89. The number of nitrogens with one attached hydrogen (secondary N) is 1. The van der Waals surface area contributed by atoms with Crippen LogP contribution in [0.25, 0.3) is 27.7 Å². The van der Waals surface area contributed by atoms with Crippen LogP contribution in [-0.2, 0) is 0 Å². The average Bonchev–Trinajstić information content (AvgIpc) is 3.40. The first kappa shape index (κ1) is 20.5. The lowest BCUT2D eigenvalue weighted by Crippen LogP contribution is -2.22. The van der Waals surface area contributed by atoms with Gasteiger partial charge in [0.15, 0.2) is 0 Å². The molecule has 1 N–H and O–H groups in total. The molecule has 3 aromatic heterocycles. The minimum atomic E-state index is -0.559. The van der Waals surface area contributed by atoms with Gasteiger partial charge in [0, 0.05) is 18.3 Å². The van der Waals surface area contributed by atoms with Crippen molar-refractivity contribution in [1.82, 2.24) is 29.6 Å². The lowest BCUT2D eigenvalue weighted by molar-refractivity contribution is 0.357. The van der Waals surface area contributed by atoms with E-state index < -0.39 is 18.1 Å². The second-order valence-electron chi connectivity index (χ2n) is 8.06. The number of alkyl halides is 1. The predicted molar refractivity (Wildman–Crippen MR) is 115 cm³/mol. The highest BCUT2D eigenvalue weighted by atomic mass is 19.1. The summed E-state index contributed by atoms with van der Waals surface area (Å²) in [6.45, 7) is 5.30. The molecular formula is C21H23FN8O. The van der Waals surface area contributed by atoms with Crippen LogP contribution in [0.5, 0.6) is 5.88 Å². The molecule has 0 saturated heterocycles. The summed E-state index contributed by atoms with van der Waals surface area (Å²) >= 11 is 0. The smallest absolute Gasteiger partial charge is 0.244 e. The van der Waals surface area contributed by atoms with Crippen molar-refractivity contribution in [1.29, 1.82) is 5.26 Å². The van der Waals surface area contributed by atoms with Gasteiger partial charge in [-0.2, -0.15) is 10.2 Å². The number of methoxy groups -OCH3 is 1. The number of fused-ring (bicyclic) bond motifs is 2. The van der Waals surface area contributed by atoms with Gasteiger partial charge in [-0.25, -0.2) is 13.6 Å². The number of anilines is 1. The van der Waals surface area contributed by atoms with Gasteiger partial charge in [0.2, 0.25) is 11.8 Å². The topological polar surface area (TPSA) is 106 Å². The Labute approximate surface area is 178 Å². The number of nitriles is 1. The van der Waals surface area contributed by atoms with Crippen molar-refractivity contribution in [3.63, 3.8) is 0 Å². The maximum absolute atomic E-state index is 13.2. The Morgan fingerprint density at radius 1 is 1.32 bits per heavy atom. The first-order valence-corrected chi connectivity index (χ1v) is 9.86. The lowest BCUT2D eigenvalue weighted by Gasteiger charge is -2.16. The number of hydrogen-bond acceptors (Lipinski definition) is 7. The van der Waals surface area contributed by atoms with E-state index in [1.807, 2.05) is 44.3 Å². The number of ether oxygens (including phenoxy) is 1. The highest BCUT2D eigenvalue weighted by Gasteiger charge is 2.20. The van der Waals surface area contributed by atoms with E-state index in [0.29, 0.717) is 29.4 Å². The molecule has 0 fully saturated rings. The minimum Gasteiger partial charge on any atom is -0.479 e. The van der Waals surface area contributed by atoms with Crippen molar-refractivity contribution < 1.29 is 9.13 Å². The van der Waals surface area contributed by atoms with Crippen molar-refractivity contribution in [3.8, 4) is 23.1 Å². The number of halogens is 1. The zero-order valence-electron chi connectivity index (χ0n) is 17.8. The molecule has 0 bridgehead atoms. The van der Waals surface area contributed by atoms with Gasteiger partial charge in [0.1, 0.15) is 17.7 Å². The van der Waals surface area contributed by atoms with Crippen molar-refractivity contribution >= 4 is 22.5 Å². The van der Waals surface area contributed by atoms with Crippen LogP contribution in [-0.4, -0.2) is 49.9 Å². The average molecular weight is 422 g/mol. The van der Waals surface area contributed by atoms with Gasteiger partial charge < -0.3 is 10.1 Å². The molecule has 160 valence electrons. The molecule has 1 atom stereocenters. The molecule has 0 aliphatic rings. The van der Waals surface area contributed by atoms with Crippen LogP contribution in [0.4, 0.5) is 10.3 Å². The molecular weight excluding hydrogens is 399 g/mol. The maximum Gasteiger partial charge on any atom is 0.244 e. The Hall–Kier alpha value is -3.74. The zero-order chi connectivity index (χ0) is 22.2. The van der Waals surface area contributed by atoms with Crippen molar-refractivity contribution in [2.45, 2.75) is 26.8 Å². The lowest BCUT2D eigenvalue weighted by atomic mass is 9.96. The van der Waals surface area contributed by atoms with E-state index in [0.717, 1.165) is 16.6 Å². The van der Waals surface area contributed by atoms with Gasteiger partial charge in [0.05, 0.1) is 30.2 Å². The Balaban J connectivity index is 1.78. The maximum atomic E-state index is 13.2. The van der Waals surface area contributed by atoms with Gasteiger partial charge >= 0.3 is 0 Å². The molecule has 0 aliphatic carbocycles. The molecule has 0 radical (unpaired) electrons. The molecule has 10 heteroatoms. The van der Waals surface area contributed by atoms with Gasteiger partial charge in [-0.1, -0.05) is 11.3 Å². The van der Waals surface area contributed by atoms with Gasteiger partial charge in [0.25, 0.3) is 0 Å². The molecule has 0 unspecified atom stereocenters. The third-order valence-electron chi connectivity index (χ3n) is 5.09. The van der Waals surface area contributed by atoms with Crippen LogP contribution in [0, 0.1) is 16.7 Å². The van der Waals surface area contributed by atoms with Crippen LogP contribution in [0.15, 0.2) is 30.5 Å². The van der Waals surface area contributed by atoms with Gasteiger partial charge in [-0.15, -0.1) is 10.2 Å². The SMILES string of the molecule is COc1nc(NCC(C)(C)C#N)nn2ccc(-c3ccc4nnn([C@H](C)CF)c4c3)c12. The fourth-order valence-corrected chi connectivity index (χ4v) is 3.28. The zero-order valence-corrected chi connectivity index (χ0v) is 17.8. The van der Waals surface area contributed by atoms with Gasteiger partial charge in [-0.05, 0) is 44.5 Å². The van der Waals surface area contributed by atoms with E-state index >= 15 is 0 Å². The summed E-state index contributed by atoms with van der Waals surface area (Å²) in [7, 11) is 1.55. The first-order chi connectivity index (χ1) is 14.9. The number of hydrogen-bond donors (Lipinski definition) is 1. The molecule has 3 heterocycles. The van der Waals surface area contributed by atoms with E-state index in [1.165, 1.54) is 0 Å². The Morgan fingerprint density at radius 3 is 2.84 bits per heavy atom. The van der Waals surface area contributed by atoms with Crippen molar-refractivity contribution in [3.05, 3.63) is 30.5 Å². The number of rotatable bonds is 7. The molecule has 0 aliphatic heterocycles. The van der Waals surface area contributed by atoms with Crippen LogP contribution >= 0.6 is 0 Å². The Morgan fingerprint density at radius 2 is 2.13 bits per heavy atom. The molecule has 1 aromatic carbocycles. The number of aromatic nitrogens is 6. The molecule has 0 spiro atoms. The first-order valence-electron chi connectivity index (χ1n) is 9.86. The van der Waals surface area contributed by atoms with Crippen LogP contribution < -0.4 is 10.1 Å². The third kappa shape index (κ3) is 3.74. The standard InChI is InChI=1S/C21H23FN8O/c1-13(10-22)30-17-9-14(5-6-16(17)26-28-30)15-7-8-29-18(15)19(31-4)25-20(27-29)24-12-21(2,3)11-23/h5-9,13H,10,12H2,1-4H3,(H,24,27)/t13-/m1/s1. The second kappa shape index (κ2) is 7.83. The largest absolute Gasteiger partial charge is 0.479 e.